The van der Waals surface area contributed by atoms with Crippen molar-refractivity contribution in [2.75, 3.05) is 0 Å². The van der Waals surface area contributed by atoms with Crippen LogP contribution in [0.25, 0.3) is 28.2 Å². The van der Waals surface area contributed by atoms with Gasteiger partial charge in [-0.1, -0.05) is 12.1 Å². The number of carbonyl (C=O) groups is 2. The summed E-state index contributed by atoms with van der Waals surface area (Å²) < 4.78 is 44.5. The first-order valence-corrected chi connectivity index (χ1v) is 10.1. The van der Waals surface area contributed by atoms with Crippen molar-refractivity contribution >= 4 is 22.8 Å². The summed E-state index contributed by atoms with van der Waals surface area (Å²) in [6.45, 7) is -0.124. The van der Waals surface area contributed by atoms with E-state index in [-0.39, 0.29) is 34.0 Å². The van der Waals surface area contributed by atoms with Crippen molar-refractivity contribution in [2.24, 2.45) is 5.73 Å². The van der Waals surface area contributed by atoms with Crippen LogP contribution in [0.4, 0.5) is 13.2 Å². The second kappa shape index (κ2) is 9.00. The maximum atomic E-state index is 13.4. The summed E-state index contributed by atoms with van der Waals surface area (Å²) in [7, 11) is 0. The minimum absolute atomic E-state index is 0.0283. The highest BCUT2D eigenvalue weighted by Crippen LogP contribution is 2.31. The number of nitrogens with two attached hydrogens (primary N) is 1. The van der Waals surface area contributed by atoms with Gasteiger partial charge in [0.2, 0.25) is 5.91 Å². The first kappa shape index (κ1) is 23.6. The van der Waals surface area contributed by atoms with Crippen molar-refractivity contribution in [3.05, 3.63) is 60.3 Å². The van der Waals surface area contributed by atoms with Crippen LogP contribution >= 0.6 is 0 Å². The molecule has 0 atom stereocenters. The fourth-order valence-corrected chi connectivity index (χ4v) is 3.12. The Kier molecular flexibility index (Phi) is 6.07. The van der Waals surface area contributed by atoms with E-state index in [4.69, 9.17) is 5.73 Å². The van der Waals surface area contributed by atoms with Crippen LogP contribution in [-0.2, 0) is 4.79 Å². The summed E-state index contributed by atoms with van der Waals surface area (Å²) in [5.74, 6) is -2.17. The number of aromatic nitrogens is 5. The highest BCUT2D eigenvalue weighted by Gasteiger charge is 2.28. The van der Waals surface area contributed by atoms with E-state index in [0.717, 1.165) is 12.4 Å². The van der Waals surface area contributed by atoms with Crippen LogP contribution in [0.1, 0.15) is 24.2 Å². The predicted molar refractivity (Wildman–Crippen MR) is 117 cm³/mol. The topological polar surface area (TPSA) is 138 Å². The minimum Gasteiger partial charge on any atom is -0.435 e. The molecule has 0 aliphatic carbocycles. The van der Waals surface area contributed by atoms with Crippen LogP contribution in [0, 0.1) is 5.82 Å². The zero-order valence-corrected chi connectivity index (χ0v) is 18.4. The standard InChI is InChI=1S/C22H18F3N7O3/c1-22(2,19(26)34)30-18(33)12-7-15-17(27-8-12)16(11-4-3-5-14(6-11)35-20(24)25)31-32(15)21-28-9-13(23)10-29-21/h3-10,20H,1-2H3,(H2,26,34)(H,30,33). The Balaban J connectivity index is 1.86. The van der Waals surface area contributed by atoms with Crippen molar-refractivity contribution in [1.29, 1.82) is 0 Å². The van der Waals surface area contributed by atoms with Gasteiger partial charge in [0.05, 0.1) is 23.5 Å². The monoisotopic (exact) mass is 485 g/mol. The number of primary amides is 1. The number of ether oxygens (including phenoxy) is 1. The molecule has 2 amide bonds. The highest BCUT2D eigenvalue weighted by molar-refractivity contribution is 6.01. The number of nitrogens with one attached hydrogen (secondary N) is 1. The quantitative estimate of drug-likeness (QED) is 0.410. The zero-order chi connectivity index (χ0) is 25.3. The number of benzene rings is 1. The van der Waals surface area contributed by atoms with Crippen molar-refractivity contribution in [3.63, 3.8) is 0 Å². The molecule has 3 N–H and O–H groups in total. The van der Waals surface area contributed by atoms with Crippen LogP contribution in [0.2, 0.25) is 0 Å². The lowest BCUT2D eigenvalue weighted by Crippen LogP contribution is -2.53. The van der Waals surface area contributed by atoms with Gasteiger partial charge in [0.25, 0.3) is 11.9 Å². The van der Waals surface area contributed by atoms with Crippen molar-refractivity contribution in [2.45, 2.75) is 26.0 Å². The van der Waals surface area contributed by atoms with E-state index in [2.05, 4.69) is 30.1 Å². The second-order valence-corrected chi connectivity index (χ2v) is 7.90. The Bertz CT molecular complexity index is 1420. The lowest BCUT2D eigenvalue weighted by molar-refractivity contribution is -0.122. The smallest absolute Gasteiger partial charge is 0.387 e. The molecule has 35 heavy (non-hydrogen) atoms. The maximum Gasteiger partial charge on any atom is 0.387 e. The van der Waals surface area contributed by atoms with Crippen molar-refractivity contribution < 1.29 is 27.5 Å². The molecule has 4 aromatic rings. The average molecular weight is 485 g/mol. The molecular formula is C22H18F3N7O3. The number of pyridine rings is 1. The van der Waals surface area contributed by atoms with E-state index in [1.807, 2.05) is 0 Å². The number of amides is 2. The van der Waals surface area contributed by atoms with Gasteiger partial charge >= 0.3 is 6.61 Å². The van der Waals surface area contributed by atoms with Gasteiger partial charge in [-0.25, -0.2) is 14.4 Å². The average Bonchev–Trinajstić information content (AvgIpc) is 3.18. The van der Waals surface area contributed by atoms with E-state index in [1.165, 1.54) is 49.0 Å². The summed E-state index contributed by atoms with van der Waals surface area (Å²) >= 11 is 0. The summed E-state index contributed by atoms with van der Waals surface area (Å²) in [4.78, 5) is 36.5. The maximum absolute atomic E-state index is 13.4. The molecule has 10 nitrogen and oxygen atoms in total. The van der Waals surface area contributed by atoms with Gasteiger partial charge in [0.1, 0.15) is 22.5 Å². The molecule has 0 saturated carbocycles. The molecule has 0 fully saturated rings. The number of hydrogen-bond acceptors (Lipinski definition) is 7. The van der Waals surface area contributed by atoms with E-state index < -0.39 is 29.8 Å². The fourth-order valence-electron chi connectivity index (χ4n) is 3.12. The van der Waals surface area contributed by atoms with E-state index in [0.29, 0.717) is 5.56 Å². The molecule has 0 bridgehead atoms. The summed E-state index contributed by atoms with van der Waals surface area (Å²) in [5, 5.41) is 6.96. The second-order valence-electron chi connectivity index (χ2n) is 7.90. The van der Waals surface area contributed by atoms with E-state index >= 15 is 0 Å². The molecule has 0 aliphatic heterocycles. The van der Waals surface area contributed by atoms with Crippen LogP contribution in [0.5, 0.6) is 5.75 Å². The third-order valence-electron chi connectivity index (χ3n) is 4.95. The van der Waals surface area contributed by atoms with Gasteiger partial charge in [-0.2, -0.15) is 18.6 Å². The van der Waals surface area contributed by atoms with Gasteiger partial charge < -0.3 is 15.8 Å². The molecular weight excluding hydrogens is 467 g/mol. The van der Waals surface area contributed by atoms with E-state index in [1.54, 1.807) is 6.07 Å². The van der Waals surface area contributed by atoms with Gasteiger partial charge in [0, 0.05) is 11.8 Å². The number of hydrogen-bond donors (Lipinski definition) is 2. The molecule has 3 heterocycles. The van der Waals surface area contributed by atoms with Crippen LogP contribution < -0.4 is 15.8 Å². The lowest BCUT2D eigenvalue weighted by Gasteiger charge is -2.22. The molecule has 0 saturated heterocycles. The Hall–Kier alpha value is -4.55. The molecule has 4 rings (SSSR count). The Morgan fingerprint density at radius 3 is 2.49 bits per heavy atom. The molecule has 13 heteroatoms. The minimum atomic E-state index is -3.02. The number of halogens is 3. The summed E-state index contributed by atoms with van der Waals surface area (Å²) in [6.07, 6.45) is 3.13. The predicted octanol–water partition coefficient (Wildman–Crippen LogP) is 2.61. The van der Waals surface area contributed by atoms with Gasteiger partial charge in [0.15, 0.2) is 5.82 Å². The van der Waals surface area contributed by atoms with Crippen LogP contribution in [0.15, 0.2) is 48.9 Å². The number of fused-ring (bicyclic) bond motifs is 1. The van der Waals surface area contributed by atoms with Crippen LogP contribution in [0.3, 0.4) is 0 Å². The molecule has 3 aromatic heterocycles. The number of alkyl halides is 2. The zero-order valence-electron chi connectivity index (χ0n) is 18.4. The Morgan fingerprint density at radius 2 is 1.83 bits per heavy atom. The van der Waals surface area contributed by atoms with Gasteiger partial charge in [-0.3, -0.25) is 14.6 Å². The summed E-state index contributed by atoms with van der Waals surface area (Å²) in [6, 6.07) is 7.24. The number of carbonyl (C=O) groups excluding carboxylic acids is 2. The molecule has 1 aromatic carbocycles. The highest BCUT2D eigenvalue weighted by atomic mass is 19.3. The summed E-state index contributed by atoms with van der Waals surface area (Å²) in [5.41, 5.74) is 5.22. The van der Waals surface area contributed by atoms with Crippen molar-refractivity contribution in [1.82, 2.24) is 30.0 Å². The SMILES string of the molecule is CC(C)(NC(=O)c1cnc2c(-c3cccc(OC(F)F)c3)nn(-c3ncc(F)cn3)c2c1)C(N)=O. The van der Waals surface area contributed by atoms with Crippen LogP contribution in [-0.4, -0.2) is 48.7 Å². The van der Waals surface area contributed by atoms with Gasteiger partial charge in [-0.05, 0) is 32.0 Å². The van der Waals surface area contributed by atoms with E-state index in [9.17, 15) is 22.8 Å². The Morgan fingerprint density at radius 1 is 1.11 bits per heavy atom. The normalized spacial score (nSPS) is 11.6. The first-order chi connectivity index (χ1) is 16.5. The number of rotatable bonds is 7. The largest absolute Gasteiger partial charge is 0.435 e. The molecule has 0 spiro atoms. The van der Waals surface area contributed by atoms with Crippen molar-refractivity contribution in [3.8, 4) is 23.0 Å². The molecule has 0 aliphatic rings. The third kappa shape index (κ3) is 4.88. The van der Waals surface area contributed by atoms with Gasteiger partial charge in [-0.15, -0.1) is 0 Å². The lowest BCUT2D eigenvalue weighted by atomic mass is 10.0. The molecule has 180 valence electrons. The molecule has 0 radical (unpaired) electrons. The first-order valence-electron chi connectivity index (χ1n) is 10.1. The fraction of sp³-hybridized carbons (Fsp3) is 0.182. The number of nitrogens with zero attached hydrogens (tertiary/aromatic N) is 5. The molecule has 0 unspecified atom stereocenters. The third-order valence-corrected chi connectivity index (χ3v) is 4.95. The Labute approximate surface area is 196 Å².